The molecule has 0 bridgehead atoms. The van der Waals surface area contributed by atoms with E-state index < -0.39 is 87.3 Å². The Bertz CT molecular complexity index is 1600. The third kappa shape index (κ3) is 4.53. The fourth-order valence-electron chi connectivity index (χ4n) is 6.63. The molecule has 0 spiro atoms. The molecule has 2 aromatic rings. The number of nitrogens with one attached hydrogen (secondary N) is 2. The summed E-state index contributed by atoms with van der Waals surface area (Å²) in [6, 6.07) is 5.37. The fraction of sp³-hybridized carbons (Fsp3) is 0.379. The van der Waals surface area contributed by atoms with Crippen LogP contribution in [-0.2, 0) is 20.9 Å². The van der Waals surface area contributed by atoms with E-state index in [-0.39, 0.29) is 17.8 Å². The number of nitrogens with zero attached hydrogens (tertiary/aromatic N) is 1. The van der Waals surface area contributed by atoms with Crippen LogP contribution < -0.4 is 16.4 Å². The van der Waals surface area contributed by atoms with Gasteiger partial charge in [0.05, 0.1) is 35.9 Å². The maximum Gasteiger partial charge on any atom is 0.255 e. The van der Waals surface area contributed by atoms with Gasteiger partial charge in [0.1, 0.15) is 17.1 Å². The van der Waals surface area contributed by atoms with Crippen molar-refractivity contribution in [2.24, 2.45) is 17.6 Å². The highest BCUT2D eigenvalue weighted by Crippen LogP contribution is 2.56. The molecule has 228 valence electrons. The first-order chi connectivity index (χ1) is 20.2. The zero-order chi connectivity index (χ0) is 31.5. The van der Waals surface area contributed by atoms with Crippen LogP contribution in [0.5, 0.6) is 5.75 Å². The Labute approximate surface area is 249 Å². The van der Waals surface area contributed by atoms with Crippen molar-refractivity contribution in [3.8, 4) is 5.75 Å². The fourth-order valence-corrected chi connectivity index (χ4v) is 7.30. The van der Waals surface area contributed by atoms with E-state index in [1.807, 2.05) is 17.5 Å². The highest BCUT2D eigenvalue weighted by molar-refractivity contribution is 7.09. The van der Waals surface area contributed by atoms with E-state index in [0.29, 0.717) is 12.1 Å². The average molecular weight is 613 g/mol. The summed E-state index contributed by atoms with van der Waals surface area (Å²) in [5.74, 6) is -10.3. The van der Waals surface area contributed by atoms with Crippen molar-refractivity contribution in [2.45, 2.75) is 37.1 Å². The van der Waals surface area contributed by atoms with Crippen LogP contribution in [0.1, 0.15) is 33.6 Å². The normalized spacial score (nSPS) is 28.5. The van der Waals surface area contributed by atoms with Crippen molar-refractivity contribution in [1.82, 2.24) is 10.2 Å². The zero-order valence-electron chi connectivity index (χ0n) is 23.5. The summed E-state index contributed by atoms with van der Waals surface area (Å²) in [5.41, 5.74) is 0.769. The van der Waals surface area contributed by atoms with Gasteiger partial charge < -0.3 is 41.9 Å². The molecule has 6 atom stereocenters. The lowest BCUT2D eigenvalue weighted by Crippen LogP contribution is -2.68. The van der Waals surface area contributed by atoms with E-state index in [2.05, 4.69) is 10.6 Å². The number of aliphatic hydroxyl groups is 4. The van der Waals surface area contributed by atoms with Gasteiger partial charge in [-0.15, -0.1) is 11.3 Å². The molecule has 0 saturated heterocycles. The van der Waals surface area contributed by atoms with Crippen LogP contribution in [0.15, 0.2) is 52.3 Å². The number of primary amides is 1. The highest BCUT2D eigenvalue weighted by atomic mass is 32.1. The Kier molecular flexibility index (Phi) is 7.69. The Morgan fingerprint density at radius 2 is 1.84 bits per heavy atom. The second-order valence-corrected chi connectivity index (χ2v) is 12.2. The van der Waals surface area contributed by atoms with Gasteiger partial charge >= 0.3 is 0 Å². The molecule has 9 N–H and O–H groups in total. The van der Waals surface area contributed by atoms with Gasteiger partial charge in [0, 0.05) is 22.9 Å². The molecule has 0 aliphatic heterocycles. The topological polar surface area (TPSA) is 223 Å². The van der Waals surface area contributed by atoms with Crippen molar-refractivity contribution in [2.75, 3.05) is 26.0 Å². The summed E-state index contributed by atoms with van der Waals surface area (Å²) in [4.78, 5) is 54.5. The standard InChI is InChI=1S/C29H32N4O9S/c1-11-13-6-7-14(32-15(34)10-31-9-12-5-4-8-43-12)22(35)17(13)23(36)18-16(11)24(37)20-21(33(2)3)25(38)19(28(30)41)27(40)29(20,42)26(18)39/h4-8,11,16,20-21,24,31,35,37-39,42H,9-10H2,1-3H3,(H2,30,41)(H,32,34)/t11?,16?,20?,21-,24?,29?/m0/s1. The summed E-state index contributed by atoms with van der Waals surface area (Å²) in [6.45, 7) is 1.99. The quantitative estimate of drug-likeness (QED) is 0.158. The number of benzene rings is 1. The predicted molar refractivity (Wildman–Crippen MR) is 154 cm³/mol. The van der Waals surface area contributed by atoms with Crippen LogP contribution in [0.3, 0.4) is 0 Å². The zero-order valence-corrected chi connectivity index (χ0v) is 24.3. The Morgan fingerprint density at radius 3 is 2.44 bits per heavy atom. The predicted octanol–water partition coefficient (Wildman–Crippen LogP) is 0.442. The van der Waals surface area contributed by atoms with Gasteiger partial charge in [0.15, 0.2) is 17.1 Å². The number of hydrogen-bond acceptors (Lipinski definition) is 12. The molecule has 14 heteroatoms. The van der Waals surface area contributed by atoms with Gasteiger partial charge in [0.25, 0.3) is 5.91 Å². The Morgan fingerprint density at radius 1 is 1.14 bits per heavy atom. The van der Waals surface area contributed by atoms with E-state index in [1.54, 1.807) is 6.92 Å². The smallest absolute Gasteiger partial charge is 0.255 e. The molecular formula is C29H32N4O9S. The number of rotatable bonds is 7. The van der Waals surface area contributed by atoms with Crippen molar-refractivity contribution < 1.29 is 44.7 Å². The highest BCUT2D eigenvalue weighted by Gasteiger charge is 2.67. The van der Waals surface area contributed by atoms with Gasteiger partial charge in [-0.05, 0) is 43.1 Å². The minimum Gasteiger partial charge on any atom is -0.510 e. The monoisotopic (exact) mass is 612 g/mol. The molecule has 3 aliphatic carbocycles. The second-order valence-electron chi connectivity index (χ2n) is 11.2. The number of carbonyl (C=O) groups excluding carboxylic acids is 4. The van der Waals surface area contributed by atoms with Gasteiger partial charge in [-0.25, -0.2) is 0 Å². The number of nitrogens with two attached hydrogens (primary N) is 1. The molecule has 5 rings (SSSR count). The third-order valence-corrected chi connectivity index (χ3v) is 9.45. The van der Waals surface area contributed by atoms with Crippen LogP contribution in [0, 0.1) is 11.8 Å². The van der Waals surface area contributed by atoms with Crippen LogP contribution in [0.25, 0.3) is 0 Å². The maximum atomic E-state index is 13.9. The molecule has 0 saturated carbocycles. The number of fused-ring (bicyclic) bond motifs is 3. The number of likely N-dealkylation sites (N-methyl/N-ethyl adjacent to an activating group) is 1. The first-order valence-electron chi connectivity index (χ1n) is 13.4. The molecule has 1 aromatic carbocycles. The second kappa shape index (κ2) is 10.9. The maximum absolute atomic E-state index is 13.9. The molecule has 0 radical (unpaired) electrons. The van der Waals surface area contributed by atoms with Gasteiger partial charge in [0.2, 0.25) is 11.7 Å². The van der Waals surface area contributed by atoms with Gasteiger partial charge in [-0.1, -0.05) is 19.1 Å². The number of ketones is 2. The number of hydrogen-bond donors (Lipinski definition) is 8. The summed E-state index contributed by atoms with van der Waals surface area (Å²) in [5, 5.41) is 64.3. The number of aliphatic hydroxyl groups excluding tert-OH is 3. The van der Waals surface area contributed by atoms with E-state index >= 15 is 0 Å². The molecule has 2 amide bonds. The molecule has 1 heterocycles. The molecule has 0 fully saturated rings. The largest absolute Gasteiger partial charge is 0.510 e. The van der Waals surface area contributed by atoms with Crippen molar-refractivity contribution in [3.63, 3.8) is 0 Å². The Balaban J connectivity index is 1.55. The minimum atomic E-state index is -3.00. The lowest BCUT2D eigenvalue weighted by Gasteiger charge is -2.53. The van der Waals surface area contributed by atoms with Crippen molar-refractivity contribution >= 4 is 40.4 Å². The minimum absolute atomic E-state index is 0.0843. The van der Waals surface area contributed by atoms with Crippen molar-refractivity contribution in [1.29, 1.82) is 0 Å². The number of aromatic hydroxyl groups is 1. The van der Waals surface area contributed by atoms with E-state index in [4.69, 9.17) is 5.73 Å². The number of phenolic OH excluding ortho intramolecular Hbond substituents is 1. The lowest BCUT2D eigenvalue weighted by atomic mass is 9.55. The number of phenols is 1. The molecular weight excluding hydrogens is 580 g/mol. The van der Waals surface area contributed by atoms with Gasteiger partial charge in [-0.3, -0.25) is 24.1 Å². The summed E-state index contributed by atoms with van der Waals surface area (Å²) in [6.07, 6.45) is -1.69. The van der Waals surface area contributed by atoms with Crippen molar-refractivity contribution in [3.05, 3.63) is 68.3 Å². The van der Waals surface area contributed by atoms with Crippen LogP contribution in [0.2, 0.25) is 0 Å². The molecule has 5 unspecified atom stereocenters. The van der Waals surface area contributed by atoms with Crippen LogP contribution in [-0.4, -0.2) is 92.2 Å². The van der Waals surface area contributed by atoms with E-state index in [0.717, 1.165) is 4.88 Å². The summed E-state index contributed by atoms with van der Waals surface area (Å²) < 4.78 is 0. The van der Waals surface area contributed by atoms with Crippen LogP contribution >= 0.6 is 11.3 Å². The number of Topliss-reactive ketones (excluding diaryl/α,β-unsaturated/α-hetero) is 2. The summed E-state index contributed by atoms with van der Waals surface area (Å²) in [7, 11) is 2.93. The first-order valence-corrected chi connectivity index (χ1v) is 14.3. The van der Waals surface area contributed by atoms with E-state index in [9.17, 15) is 44.7 Å². The summed E-state index contributed by atoms with van der Waals surface area (Å²) >= 11 is 1.52. The molecule has 43 heavy (non-hydrogen) atoms. The third-order valence-electron chi connectivity index (χ3n) is 8.57. The molecule has 3 aliphatic rings. The molecule has 1 aromatic heterocycles. The Hall–Kier alpha value is -4.08. The number of amides is 2. The number of thiophene rings is 1. The van der Waals surface area contributed by atoms with Crippen LogP contribution in [0.4, 0.5) is 5.69 Å². The first kappa shape index (κ1) is 30.4. The van der Waals surface area contributed by atoms with E-state index in [1.165, 1.54) is 42.5 Å². The lowest BCUT2D eigenvalue weighted by molar-refractivity contribution is -0.162. The average Bonchev–Trinajstić information content (AvgIpc) is 3.45. The SMILES string of the molecule is CC1c2ccc(NC(=O)CNCc3cccs3)c(O)c2C(=O)C2=C(O)C3(O)C(=O)C(C(N)=O)=C(O)[C@@H](N(C)C)C3C(O)C21. The van der Waals surface area contributed by atoms with Gasteiger partial charge in [-0.2, -0.15) is 0 Å². The number of carbonyl (C=O) groups is 4. The molecule has 13 nitrogen and oxygen atoms in total. The number of anilines is 1.